The molecule has 0 unspecified atom stereocenters. The van der Waals surface area contributed by atoms with Gasteiger partial charge in [0.1, 0.15) is 5.82 Å². The normalized spacial score (nSPS) is 17.1. The Balaban J connectivity index is 0.00000108. The van der Waals surface area contributed by atoms with Crippen LogP contribution in [0.3, 0.4) is 0 Å². The minimum atomic E-state index is 0. The van der Waals surface area contributed by atoms with Crippen molar-refractivity contribution in [2.45, 2.75) is 0 Å². The first-order valence-electron chi connectivity index (χ1n) is 5.66. The average Bonchev–Trinajstić information content (AvgIpc) is 2.74. The Morgan fingerprint density at radius 2 is 1.82 bits per heavy atom. The molecule has 0 atom stereocenters. The second-order valence-electron chi connectivity index (χ2n) is 4.33. The van der Waals surface area contributed by atoms with Gasteiger partial charge in [0.2, 0.25) is 0 Å². The van der Waals surface area contributed by atoms with E-state index in [1.165, 1.54) is 5.39 Å². The van der Waals surface area contributed by atoms with E-state index >= 15 is 0 Å². The van der Waals surface area contributed by atoms with Gasteiger partial charge in [-0.1, -0.05) is 24.3 Å². The molecule has 0 saturated carbocycles. The fourth-order valence-electron chi connectivity index (χ4n) is 2.16. The second kappa shape index (κ2) is 5.46. The van der Waals surface area contributed by atoms with Crippen molar-refractivity contribution in [2.24, 2.45) is 0 Å². The van der Waals surface area contributed by atoms with E-state index in [1.807, 2.05) is 18.2 Å². The molecule has 4 nitrogen and oxygen atoms in total. The molecule has 87 valence electrons. The van der Waals surface area contributed by atoms with Crippen LogP contribution in [0.4, 0.5) is 5.82 Å². The summed E-state index contributed by atoms with van der Waals surface area (Å²) in [5, 5.41) is 9.68. The van der Waals surface area contributed by atoms with Crippen molar-refractivity contribution in [1.29, 1.82) is 0 Å². The van der Waals surface area contributed by atoms with Crippen molar-refractivity contribution in [1.82, 2.24) is 15.1 Å². The van der Waals surface area contributed by atoms with E-state index in [4.69, 9.17) is 0 Å². The summed E-state index contributed by atoms with van der Waals surface area (Å²) in [4.78, 5) is 4.67. The van der Waals surface area contributed by atoms with Crippen LogP contribution in [0.5, 0.6) is 0 Å². The topological polar surface area (TPSA) is 33.5 Å². The predicted octanol–water partition coefficient (Wildman–Crippen LogP) is 0.941. The van der Waals surface area contributed by atoms with E-state index in [2.05, 4.69) is 33.1 Å². The number of rotatable bonds is 1. The van der Waals surface area contributed by atoms with Gasteiger partial charge in [-0.25, -0.2) is 0 Å². The van der Waals surface area contributed by atoms with Crippen LogP contribution < -0.4 is 10.00 Å². The molecule has 1 radical (unpaired) electrons. The molecule has 1 fully saturated rings. The molecular formula is C12H15N4Y-. The Kier molecular flexibility index (Phi) is 4.18. The largest absolute Gasteiger partial charge is 0.573 e. The maximum absolute atomic E-state index is 4.30. The molecule has 0 amide bonds. The van der Waals surface area contributed by atoms with Crippen molar-refractivity contribution in [3.63, 3.8) is 0 Å². The Morgan fingerprint density at radius 1 is 1.12 bits per heavy atom. The van der Waals surface area contributed by atoms with Crippen molar-refractivity contribution in [3.05, 3.63) is 24.3 Å². The Hall–Kier alpha value is -0.446. The first kappa shape index (κ1) is 13.0. The summed E-state index contributed by atoms with van der Waals surface area (Å²) in [5.74, 6) is 1.05. The molecule has 0 aliphatic carbocycles. The van der Waals surface area contributed by atoms with Gasteiger partial charge in [0.15, 0.2) is 0 Å². The first-order valence-corrected chi connectivity index (χ1v) is 5.66. The summed E-state index contributed by atoms with van der Waals surface area (Å²) in [6.07, 6.45) is 0. The fraction of sp³-hybridized carbons (Fsp3) is 0.417. The number of benzene rings is 1. The molecule has 1 aromatic carbocycles. The molecule has 1 saturated heterocycles. The van der Waals surface area contributed by atoms with Gasteiger partial charge >= 0.3 is 0 Å². The molecule has 2 aromatic rings. The number of hydrogen-bond acceptors (Lipinski definition) is 3. The molecule has 17 heavy (non-hydrogen) atoms. The number of hydrogen-bond donors (Lipinski definition) is 0. The zero-order valence-electron chi connectivity index (χ0n) is 10.0. The molecular weight excluding hydrogens is 289 g/mol. The number of likely N-dealkylation sites (N-methyl/N-ethyl adjacent to an activating group) is 1. The van der Waals surface area contributed by atoms with Crippen LogP contribution >= 0.6 is 0 Å². The van der Waals surface area contributed by atoms with E-state index < -0.39 is 0 Å². The standard InChI is InChI=1S/C12H15N4.Y/c1-15-6-8-16(9-7-15)12-10-4-2-3-5-11(10)13-14-12;/h2-5H,6-9H2,1H3;/q-1;. The quantitative estimate of drug-likeness (QED) is 0.785. The first-order chi connectivity index (χ1) is 7.84. The molecule has 1 aromatic heterocycles. The van der Waals surface area contributed by atoms with Crippen molar-refractivity contribution < 1.29 is 32.7 Å². The smallest absolute Gasteiger partial charge is 0.115 e. The minimum Gasteiger partial charge on any atom is -0.573 e. The van der Waals surface area contributed by atoms with Crippen molar-refractivity contribution in [3.8, 4) is 0 Å². The minimum absolute atomic E-state index is 0. The maximum atomic E-state index is 4.30. The van der Waals surface area contributed by atoms with Crippen LogP contribution in [0.2, 0.25) is 0 Å². The zero-order chi connectivity index (χ0) is 11.0. The zero-order valence-corrected chi connectivity index (χ0v) is 12.8. The van der Waals surface area contributed by atoms with Gasteiger partial charge in [-0.3, -0.25) is 0 Å². The van der Waals surface area contributed by atoms with Gasteiger partial charge in [0.05, 0.1) is 0 Å². The van der Waals surface area contributed by atoms with E-state index in [0.29, 0.717) is 0 Å². The number of piperazine rings is 1. The third-order valence-corrected chi connectivity index (χ3v) is 3.20. The summed E-state index contributed by atoms with van der Waals surface area (Å²) in [6.45, 7) is 4.28. The number of nitrogens with zero attached hydrogens (tertiary/aromatic N) is 4. The Morgan fingerprint density at radius 3 is 2.59 bits per heavy atom. The molecule has 5 heteroatoms. The van der Waals surface area contributed by atoms with E-state index in [-0.39, 0.29) is 32.7 Å². The summed E-state index contributed by atoms with van der Waals surface area (Å²) in [5.41, 5.74) is 0.997. The summed E-state index contributed by atoms with van der Waals surface area (Å²) < 4.78 is 0. The van der Waals surface area contributed by atoms with Crippen LogP contribution in [0.1, 0.15) is 0 Å². The summed E-state index contributed by atoms with van der Waals surface area (Å²) in [6, 6.07) is 8.17. The van der Waals surface area contributed by atoms with Crippen molar-refractivity contribution >= 4 is 16.7 Å². The van der Waals surface area contributed by atoms with Crippen LogP contribution in [-0.4, -0.2) is 43.2 Å². The number of fused-ring (bicyclic) bond motifs is 1. The van der Waals surface area contributed by atoms with Crippen molar-refractivity contribution in [2.75, 3.05) is 38.1 Å². The van der Waals surface area contributed by atoms with Gasteiger partial charge < -0.3 is 20.0 Å². The molecule has 0 N–H and O–H groups in total. The number of aromatic nitrogens is 2. The van der Waals surface area contributed by atoms with E-state index in [1.54, 1.807) is 0 Å². The van der Waals surface area contributed by atoms with Crippen LogP contribution in [-0.2, 0) is 32.7 Å². The third-order valence-electron chi connectivity index (χ3n) is 3.20. The van der Waals surface area contributed by atoms with E-state index in [0.717, 1.165) is 37.5 Å². The van der Waals surface area contributed by atoms with Gasteiger partial charge in [0, 0.05) is 64.3 Å². The monoisotopic (exact) mass is 304 g/mol. The Bertz CT molecular complexity index is 488. The molecule has 0 spiro atoms. The molecule has 2 heterocycles. The summed E-state index contributed by atoms with van der Waals surface area (Å²) in [7, 11) is 2.16. The molecule has 3 rings (SSSR count). The number of anilines is 1. The van der Waals surface area contributed by atoms with Gasteiger partial charge in [-0.2, -0.15) is 0 Å². The SMILES string of the molecule is CN1CCN(c2n[n-]c3ccccc23)CC1.[Y]. The van der Waals surface area contributed by atoms with Gasteiger partial charge in [-0.05, 0) is 7.05 Å². The fourth-order valence-corrected chi connectivity index (χ4v) is 2.16. The summed E-state index contributed by atoms with van der Waals surface area (Å²) >= 11 is 0. The predicted molar refractivity (Wildman–Crippen MR) is 64.8 cm³/mol. The molecule has 0 bridgehead atoms. The molecule has 1 aliphatic heterocycles. The maximum Gasteiger partial charge on any atom is 0.115 e. The average molecular weight is 304 g/mol. The molecule has 1 aliphatic rings. The van der Waals surface area contributed by atoms with Crippen LogP contribution in [0.25, 0.3) is 10.9 Å². The van der Waals surface area contributed by atoms with E-state index in [9.17, 15) is 0 Å². The Labute approximate surface area is 126 Å². The van der Waals surface area contributed by atoms with Gasteiger partial charge in [0.25, 0.3) is 0 Å². The third kappa shape index (κ3) is 2.54. The second-order valence-corrected chi connectivity index (χ2v) is 4.33. The van der Waals surface area contributed by atoms with Gasteiger partial charge in [-0.15, -0.1) is 5.52 Å². The van der Waals surface area contributed by atoms with Crippen LogP contribution in [0, 0.1) is 0 Å². The van der Waals surface area contributed by atoms with Crippen LogP contribution in [0.15, 0.2) is 24.3 Å².